The van der Waals surface area contributed by atoms with E-state index < -0.39 is 0 Å². The summed E-state index contributed by atoms with van der Waals surface area (Å²) in [5.74, 6) is 0.647. The maximum atomic E-state index is 12.9. The molecule has 0 atom stereocenters. The van der Waals surface area contributed by atoms with E-state index in [1.54, 1.807) is 21.9 Å². The first kappa shape index (κ1) is 19.7. The topological polar surface area (TPSA) is 49.9 Å². The first-order chi connectivity index (χ1) is 14.7. The van der Waals surface area contributed by atoms with E-state index >= 15 is 0 Å². The highest BCUT2D eigenvalue weighted by Gasteiger charge is 2.25. The van der Waals surface area contributed by atoms with Crippen molar-refractivity contribution in [1.29, 1.82) is 0 Å². The number of carbonyl (C=O) groups is 2. The number of hydrogen-bond donors (Lipinski definition) is 0. The van der Waals surface area contributed by atoms with Crippen LogP contribution in [0.4, 0.5) is 0 Å². The van der Waals surface area contributed by atoms with Gasteiger partial charge in [0.1, 0.15) is 12.4 Å². The zero-order chi connectivity index (χ0) is 20.8. The molecule has 3 aromatic carbocycles. The van der Waals surface area contributed by atoms with Crippen molar-refractivity contribution in [2.45, 2.75) is 6.61 Å². The van der Waals surface area contributed by atoms with Gasteiger partial charge in [-0.05, 0) is 35.9 Å². The normalized spacial score (nSPS) is 13.7. The van der Waals surface area contributed by atoms with Crippen LogP contribution >= 0.6 is 0 Å². The van der Waals surface area contributed by atoms with E-state index in [0.717, 1.165) is 5.56 Å². The summed E-state index contributed by atoms with van der Waals surface area (Å²) in [5.41, 5.74) is 2.36. The van der Waals surface area contributed by atoms with E-state index in [4.69, 9.17) is 4.74 Å². The van der Waals surface area contributed by atoms with Crippen LogP contribution in [0.25, 0.3) is 0 Å². The number of carbonyl (C=O) groups excluding carboxylic acids is 2. The summed E-state index contributed by atoms with van der Waals surface area (Å²) in [6, 6.07) is 26.5. The van der Waals surface area contributed by atoms with Gasteiger partial charge in [0.25, 0.3) is 11.8 Å². The Labute approximate surface area is 176 Å². The second kappa shape index (κ2) is 9.27. The van der Waals surface area contributed by atoms with E-state index in [9.17, 15) is 9.59 Å². The molecule has 2 amide bonds. The number of rotatable bonds is 5. The van der Waals surface area contributed by atoms with Crippen molar-refractivity contribution in [1.82, 2.24) is 9.80 Å². The molecule has 1 saturated heterocycles. The first-order valence-corrected chi connectivity index (χ1v) is 10.1. The molecule has 0 aromatic heterocycles. The predicted molar refractivity (Wildman–Crippen MR) is 115 cm³/mol. The third-order valence-corrected chi connectivity index (χ3v) is 5.20. The molecule has 0 bridgehead atoms. The monoisotopic (exact) mass is 400 g/mol. The lowest BCUT2D eigenvalue weighted by Crippen LogP contribution is -2.50. The lowest BCUT2D eigenvalue weighted by atomic mass is 10.1. The Hall–Kier alpha value is -3.60. The largest absolute Gasteiger partial charge is 0.489 e. The van der Waals surface area contributed by atoms with E-state index in [1.807, 2.05) is 72.8 Å². The zero-order valence-corrected chi connectivity index (χ0v) is 16.7. The van der Waals surface area contributed by atoms with Crippen LogP contribution in [0.2, 0.25) is 0 Å². The van der Waals surface area contributed by atoms with Gasteiger partial charge in [0.05, 0.1) is 0 Å². The molecule has 1 aliphatic rings. The highest BCUT2D eigenvalue weighted by Crippen LogP contribution is 2.18. The molecule has 0 saturated carbocycles. The van der Waals surface area contributed by atoms with Crippen LogP contribution in [-0.4, -0.2) is 47.8 Å². The summed E-state index contributed by atoms with van der Waals surface area (Å²) in [6.45, 7) is 2.56. The van der Waals surface area contributed by atoms with Gasteiger partial charge in [-0.1, -0.05) is 54.6 Å². The van der Waals surface area contributed by atoms with Crippen LogP contribution in [0.1, 0.15) is 26.3 Å². The minimum absolute atomic E-state index is 0.0130. The molecule has 3 aromatic rings. The van der Waals surface area contributed by atoms with Gasteiger partial charge in [0, 0.05) is 37.3 Å². The summed E-state index contributed by atoms with van der Waals surface area (Å²) in [4.78, 5) is 29.1. The molecular weight excluding hydrogens is 376 g/mol. The van der Waals surface area contributed by atoms with Crippen molar-refractivity contribution >= 4 is 11.8 Å². The number of nitrogens with zero attached hydrogens (tertiary/aromatic N) is 2. The molecule has 0 spiro atoms. The van der Waals surface area contributed by atoms with Crippen LogP contribution in [-0.2, 0) is 6.61 Å². The van der Waals surface area contributed by atoms with E-state index in [2.05, 4.69) is 0 Å². The molecule has 1 fully saturated rings. The van der Waals surface area contributed by atoms with Crippen molar-refractivity contribution in [3.05, 3.63) is 102 Å². The molecule has 5 nitrogen and oxygen atoms in total. The van der Waals surface area contributed by atoms with Crippen molar-refractivity contribution in [3.8, 4) is 5.75 Å². The fraction of sp³-hybridized carbons (Fsp3) is 0.200. The molecule has 0 unspecified atom stereocenters. The Morgan fingerprint density at radius 2 is 1.20 bits per heavy atom. The summed E-state index contributed by atoms with van der Waals surface area (Å²) in [7, 11) is 0. The lowest BCUT2D eigenvalue weighted by Gasteiger charge is -2.35. The third-order valence-electron chi connectivity index (χ3n) is 5.20. The van der Waals surface area contributed by atoms with Gasteiger partial charge >= 0.3 is 0 Å². The first-order valence-electron chi connectivity index (χ1n) is 10.1. The van der Waals surface area contributed by atoms with Gasteiger partial charge in [-0.3, -0.25) is 9.59 Å². The Balaban J connectivity index is 1.34. The van der Waals surface area contributed by atoms with Crippen LogP contribution in [0.3, 0.4) is 0 Å². The van der Waals surface area contributed by atoms with Crippen molar-refractivity contribution < 1.29 is 14.3 Å². The minimum atomic E-state index is -0.0352. The Morgan fingerprint density at radius 3 is 1.83 bits per heavy atom. The Morgan fingerprint density at radius 1 is 0.667 bits per heavy atom. The summed E-state index contributed by atoms with van der Waals surface area (Å²) in [6.07, 6.45) is 0. The van der Waals surface area contributed by atoms with E-state index in [-0.39, 0.29) is 11.8 Å². The van der Waals surface area contributed by atoms with Gasteiger partial charge in [-0.2, -0.15) is 0 Å². The molecular formula is C25H24N2O3. The summed E-state index contributed by atoms with van der Waals surface area (Å²) < 4.78 is 5.84. The van der Waals surface area contributed by atoms with Crippen molar-refractivity contribution in [3.63, 3.8) is 0 Å². The maximum absolute atomic E-state index is 12.9. The lowest BCUT2D eigenvalue weighted by molar-refractivity contribution is 0.0535. The van der Waals surface area contributed by atoms with Gasteiger partial charge in [-0.25, -0.2) is 0 Å². The molecule has 1 heterocycles. The average Bonchev–Trinajstić information content (AvgIpc) is 2.83. The number of benzene rings is 3. The van der Waals surface area contributed by atoms with Crippen LogP contribution in [0, 0.1) is 0 Å². The van der Waals surface area contributed by atoms with Gasteiger partial charge in [-0.15, -0.1) is 0 Å². The molecule has 0 N–H and O–H groups in total. The highest BCUT2D eigenvalue weighted by atomic mass is 16.5. The zero-order valence-electron chi connectivity index (χ0n) is 16.7. The smallest absolute Gasteiger partial charge is 0.254 e. The molecule has 0 aliphatic carbocycles. The molecule has 5 heteroatoms. The van der Waals surface area contributed by atoms with Crippen LogP contribution in [0.5, 0.6) is 5.75 Å². The van der Waals surface area contributed by atoms with Crippen LogP contribution < -0.4 is 4.74 Å². The van der Waals surface area contributed by atoms with Gasteiger partial charge < -0.3 is 14.5 Å². The number of piperazine rings is 1. The fourth-order valence-electron chi connectivity index (χ4n) is 3.52. The number of amides is 2. The second-order valence-corrected chi connectivity index (χ2v) is 7.25. The van der Waals surface area contributed by atoms with E-state index in [1.165, 1.54) is 0 Å². The Kier molecular flexibility index (Phi) is 6.09. The van der Waals surface area contributed by atoms with Crippen LogP contribution in [0.15, 0.2) is 84.9 Å². The highest BCUT2D eigenvalue weighted by molar-refractivity contribution is 5.96. The van der Waals surface area contributed by atoms with Gasteiger partial charge in [0.15, 0.2) is 0 Å². The maximum Gasteiger partial charge on any atom is 0.254 e. The molecule has 1 aliphatic heterocycles. The number of hydrogen-bond acceptors (Lipinski definition) is 3. The number of ether oxygens (including phenoxy) is 1. The fourth-order valence-corrected chi connectivity index (χ4v) is 3.52. The second-order valence-electron chi connectivity index (χ2n) is 7.25. The standard InChI is InChI=1S/C25H24N2O3/c28-24(21-10-5-2-6-11-21)26-14-16-27(17-15-26)25(29)22-12-7-13-23(18-22)30-19-20-8-3-1-4-9-20/h1-13,18H,14-17,19H2. The SMILES string of the molecule is O=C(c1ccccc1)N1CCN(C(=O)c2cccc(OCc3ccccc3)c2)CC1. The van der Waals surface area contributed by atoms with Crippen molar-refractivity contribution in [2.24, 2.45) is 0 Å². The quantitative estimate of drug-likeness (QED) is 0.653. The van der Waals surface area contributed by atoms with Crippen molar-refractivity contribution in [2.75, 3.05) is 26.2 Å². The summed E-state index contributed by atoms with van der Waals surface area (Å²) in [5, 5.41) is 0. The molecule has 30 heavy (non-hydrogen) atoms. The van der Waals surface area contributed by atoms with E-state index in [0.29, 0.717) is 49.7 Å². The Bertz CT molecular complexity index is 997. The predicted octanol–water partition coefficient (Wildman–Crippen LogP) is 3.86. The molecule has 0 radical (unpaired) electrons. The summed E-state index contributed by atoms with van der Waals surface area (Å²) >= 11 is 0. The molecule has 4 rings (SSSR count). The molecule has 152 valence electrons. The third kappa shape index (κ3) is 4.69. The minimum Gasteiger partial charge on any atom is -0.489 e. The van der Waals surface area contributed by atoms with Gasteiger partial charge in [0.2, 0.25) is 0 Å². The average molecular weight is 400 g/mol.